The molecule has 1 N–H and O–H groups in total. The van der Waals surface area contributed by atoms with Crippen molar-refractivity contribution in [3.63, 3.8) is 0 Å². The summed E-state index contributed by atoms with van der Waals surface area (Å²) in [5, 5.41) is 7.44. The summed E-state index contributed by atoms with van der Waals surface area (Å²) in [5.74, 6) is 2.42. The highest BCUT2D eigenvalue weighted by Crippen LogP contribution is 2.38. The van der Waals surface area contributed by atoms with Crippen LogP contribution in [-0.2, 0) is 14.3 Å². The van der Waals surface area contributed by atoms with Gasteiger partial charge in [0, 0.05) is 17.9 Å². The lowest BCUT2D eigenvalue weighted by molar-refractivity contribution is -0.137. The number of rotatable bonds is 17. The Labute approximate surface area is 285 Å². The van der Waals surface area contributed by atoms with Crippen LogP contribution in [0.1, 0.15) is 104 Å². The molecule has 48 heavy (non-hydrogen) atoms. The number of carbonyl (C=O) groups is 3. The van der Waals surface area contributed by atoms with Gasteiger partial charge in [0.05, 0.1) is 18.8 Å². The molecule has 0 radical (unpaired) electrons. The van der Waals surface area contributed by atoms with Crippen molar-refractivity contribution in [1.82, 2.24) is 0 Å². The number of benzene rings is 3. The van der Waals surface area contributed by atoms with Gasteiger partial charge in [-0.3, -0.25) is 4.79 Å². The average molecular weight is 656 g/mol. The van der Waals surface area contributed by atoms with Crippen LogP contribution in [0.4, 0.5) is 0 Å². The maximum absolute atomic E-state index is 12.2. The van der Waals surface area contributed by atoms with E-state index in [9.17, 15) is 14.4 Å². The minimum atomic E-state index is -0.396. The van der Waals surface area contributed by atoms with Crippen LogP contribution in [0.5, 0.6) is 17.2 Å². The van der Waals surface area contributed by atoms with Crippen molar-refractivity contribution in [1.29, 1.82) is 5.41 Å². The highest BCUT2D eigenvalue weighted by atomic mass is 16.5. The van der Waals surface area contributed by atoms with E-state index in [2.05, 4.69) is 13.5 Å². The maximum atomic E-state index is 12.2. The average Bonchev–Trinajstić information content (AvgIpc) is 3.11. The van der Waals surface area contributed by atoms with Gasteiger partial charge in [-0.15, -0.1) is 0 Å². The molecule has 0 aromatic heterocycles. The monoisotopic (exact) mass is 655 g/mol. The summed E-state index contributed by atoms with van der Waals surface area (Å²) in [6.07, 6.45) is 13.8. The minimum Gasteiger partial charge on any atom is -0.494 e. The third-order valence-electron chi connectivity index (χ3n) is 8.42. The molecule has 3 aromatic rings. The Morgan fingerprint density at radius 3 is 2.17 bits per heavy atom. The zero-order chi connectivity index (χ0) is 34.6. The molecule has 0 saturated heterocycles. The van der Waals surface area contributed by atoms with Gasteiger partial charge in [0.15, 0.2) is 0 Å². The fourth-order valence-electron chi connectivity index (χ4n) is 5.72. The van der Waals surface area contributed by atoms with E-state index in [1.165, 1.54) is 56.4 Å². The zero-order valence-corrected chi connectivity index (χ0v) is 28.3. The lowest BCUT2D eigenvalue weighted by Crippen LogP contribution is -2.13. The van der Waals surface area contributed by atoms with Gasteiger partial charge in [-0.25, -0.2) is 9.59 Å². The second-order valence-corrected chi connectivity index (χ2v) is 12.0. The largest absolute Gasteiger partial charge is 0.494 e. The second-order valence-electron chi connectivity index (χ2n) is 12.0. The van der Waals surface area contributed by atoms with Gasteiger partial charge in [0.25, 0.3) is 6.47 Å². The predicted octanol–water partition coefficient (Wildman–Crippen LogP) is 9.18. The number of hydrogen-bond donors (Lipinski definition) is 1. The molecule has 1 saturated carbocycles. The standard InChI is InChI=1S/C23H26O5.C17H23NO2/c1-3-22(24)27-17-7-5-4-6-16-26-20-14-10-19(11-15-20)23(25)28-21-12-8-18(2)9-13-21;1-2-3-13-4-6-14(7-5-13)15-8-9-17(20-12-19)16(10-15)11-18/h3,8-15H,1,4-7,16-17H2,2H3;8-14,18H,2-7H2,1H3. The van der Waals surface area contributed by atoms with Crippen molar-refractivity contribution < 1.29 is 33.3 Å². The third-order valence-corrected chi connectivity index (χ3v) is 8.42. The van der Waals surface area contributed by atoms with Crippen LogP contribution in [0, 0.1) is 18.3 Å². The summed E-state index contributed by atoms with van der Waals surface area (Å²) in [6.45, 7) is 9.02. The maximum Gasteiger partial charge on any atom is 0.343 e. The number of nitrogens with one attached hydrogen (secondary N) is 1. The van der Waals surface area contributed by atoms with Crippen LogP contribution >= 0.6 is 0 Å². The quantitative estimate of drug-likeness (QED) is 0.0385. The van der Waals surface area contributed by atoms with Crippen molar-refractivity contribution >= 4 is 24.6 Å². The molecule has 0 heterocycles. The molecule has 0 atom stereocenters. The van der Waals surface area contributed by atoms with Crippen molar-refractivity contribution in [2.75, 3.05) is 13.2 Å². The molecule has 0 unspecified atom stereocenters. The predicted molar refractivity (Wildman–Crippen MR) is 188 cm³/mol. The van der Waals surface area contributed by atoms with Crippen molar-refractivity contribution in [3.05, 3.63) is 102 Å². The first kappa shape index (κ1) is 37.7. The van der Waals surface area contributed by atoms with Crippen LogP contribution in [-0.4, -0.2) is 37.8 Å². The van der Waals surface area contributed by atoms with Crippen molar-refractivity contribution in [2.45, 2.75) is 84.0 Å². The fourth-order valence-corrected chi connectivity index (χ4v) is 5.72. The van der Waals surface area contributed by atoms with Gasteiger partial charge >= 0.3 is 11.9 Å². The van der Waals surface area contributed by atoms with E-state index in [4.69, 9.17) is 24.4 Å². The molecule has 8 nitrogen and oxygen atoms in total. The van der Waals surface area contributed by atoms with Gasteiger partial charge in [0.1, 0.15) is 17.2 Å². The number of ether oxygens (including phenoxy) is 4. The fraction of sp³-hybridized carbons (Fsp3) is 0.400. The number of unbranched alkanes of at least 4 members (excludes halogenated alkanes) is 3. The first-order chi connectivity index (χ1) is 23.4. The Morgan fingerprint density at radius 1 is 0.875 bits per heavy atom. The van der Waals surface area contributed by atoms with Crippen LogP contribution in [0.25, 0.3) is 0 Å². The topological polar surface area (TPSA) is 112 Å². The Bertz CT molecular complexity index is 1440. The molecule has 3 aromatic carbocycles. The summed E-state index contributed by atoms with van der Waals surface area (Å²) in [6, 6.07) is 20.1. The molecular weight excluding hydrogens is 606 g/mol. The number of hydrogen-bond acceptors (Lipinski definition) is 8. The normalized spacial score (nSPS) is 15.2. The van der Waals surface area contributed by atoms with E-state index < -0.39 is 5.97 Å². The highest BCUT2D eigenvalue weighted by molar-refractivity contribution is 5.91. The molecule has 256 valence electrons. The van der Waals surface area contributed by atoms with Gasteiger partial charge < -0.3 is 24.4 Å². The number of carbonyl (C=O) groups excluding carboxylic acids is 3. The Hall–Kier alpha value is -4.72. The van der Waals surface area contributed by atoms with E-state index in [1.807, 2.05) is 37.3 Å². The van der Waals surface area contributed by atoms with E-state index in [1.54, 1.807) is 36.4 Å². The van der Waals surface area contributed by atoms with Gasteiger partial charge in [-0.05, 0) is 124 Å². The van der Waals surface area contributed by atoms with Crippen LogP contribution in [0.2, 0.25) is 0 Å². The van der Waals surface area contributed by atoms with Crippen molar-refractivity contribution in [3.8, 4) is 17.2 Å². The number of esters is 2. The van der Waals surface area contributed by atoms with Gasteiger partial charge in [-0.1, -0.05) is 50.1 Å². The summed E-state index contributed by atoms with van der Waals surface area (Å²) in [5.41, 5.74) is 3.54. The molecule has 8 heteroatoms. The van der Waals surface area contributed by atoms with E-state index in [0.29, 0.717) is 54.0 Å². The van der Waals surface area contributed by atoms with Crippen LogP contribution < -0.4 is 14.2 Å². The Kier molecular flexibility index (Phi) is 16.7. The molecular formula is C40H49NO7. The molecule has 4 rings (SSSR count). The van der Waals surface area contributed by atoms with Gasteiger partial charge in [-0.2, -0.15) is 0 Å². The zero-order valence-electron chi connectivity index (χ0n) is 28.3. The lowest BCUT2D eigenvalue weighted by atomic mass is 9.77. The van der Waals surface area contributed by atoms with Gasteiger partial charge in [0.2, 0.25) is 0 Å². The second kappa shape index (κ2) is 21.2. The third kappa shape index (κ3) is 13.2. The van der Waals surface area contributed by atoms with E-state index in [-0.39, 0.29) is 5.97 Å². The summed E-state index contributed by atoms with van der Waals surface area (Å²) < 4.78 is 20.8. The van der Waals surface area contributed by atoms with E-state index in [0.717, 1.165) is 37.2 Å². The Balaban J connectivity index is 0.000000275. The first-order valence-corrected chi connectivity index (χ1v) is 16.9. The minimum absolute atomic E-state index is 0.380. The lowest BCUT2D eigenvalue weighted by Gasteiger charge is -2.28. The number of aryl methyl sites for hydroxylation is 1. The smallest absolute Gasteiger partial charge is 0.343 e. The molecule has 1 aliphatic carbocycles. The van der Waals surface area contributed by atoms with Crippen LogP contribution in [0.3, 0.4) is 0 Å². The molecule has 0 spiro atoms. The highest BCUT2D eigenvalue weighted by Gasteiger charge is 2.22. The molecule has 0 amide bonds. The van der Waals surface area contributed by atoms with E-state index >= 15 is 0 Å². The first-order valence-electron chi connectivity index (χ1n) is 16.9. The summed E-state index contributed by atoms with van der Waals surface area (Å²) in [4.78, 5) is 33.5. The molecule has 1 aliphatic rings. The Morgan fingerprint density at radius 2 is 1.54 bits per heavy atom. The summed E-state index contributed by atoms with van der Waals surface area (Å²) in [7, 11) is 0. The molecule has 0 aliphatic heterocycles. The SMILES string of the molecule is C=CC(=O)OCCCCCCOc1ccc(C(=O)Oc2ccc(C)cc2)cc1.CCCC1CCC(c2ccc(OC=O)c(C=N)c2)CC1. The molecule has 1 fully saturated rings. The van der Waals surface area contributed by atoms with Crippen molar-refractivity contribution in [2.24, 2.45) is 5.92 Å². The van der Waals surface area contributed by atoms with Crippen LogP contribution in [0.15, 0.2) is 79.4 Å². The summed E-state index contributed by atoms with van der Waals surface area (Å²) >= 11 is 0. The molecule has 0 bridgehead atoms.